The molecule has 3 aromatic rings. The van der Waals surface area contributed by atoms with E-state index in [0.717, 1.165) is 57.8 Å². The van der Waals surface area contributed by atoms with Crippen LogP contribution in [0, 0.1) is 25.2 Å². The van der Waals surface area contributed by atoms with Gasteiger partial charge in [0.1, 0.15) is 5.82 Å². The number of benzene rings is 3. The Kier molecular flexibility index (Phi) is 8.33. The molecule has 2 aliphatic rings. The molecule has 1 unspecified atom stereocenters. The van der Waals surface area contributed by atoms with Gasteiger partial charge in [0.2, 0.25) is 0 Å². The highest BCUT2D eigenvalue weighted by Crippen LogP contribution is 2.47. The van der Waals surface area contributed by atoms with Crippen LogP contribution in [-0.4, -0.2) is 5.78 Å². The average molecular weight is 589 g/mol. The summed E-state index contributed by atoms with van der Waals surface area (Å²) >= 11 is 14.3. The minimum atomic E-state index is -0.502. The Bertz CT molecular complexity index is 1600. The van der Waals surface area contributed by atoms with Gasteiger partial charge in [-0.2, -0.15) is 5.26 Å². The van der Waals surface area contributed by atoms with Crippen molar-refractivity contribution in [2.45, 2.75) is 63.0 Å². The lowest BCUT2D eigenvalue weighted by molar-refractivity contribution is -0.116. The van der Waals surface area contributed by atoms with Crippen molar-refractivity contribution in [3.63, 3.8) is 0 Å². The summed E-state index contributed by atoms with van der Waals surface area (Å²) in [6.07, 6.45) is 2.89. The van der Waals surface area contributed by atoms with Gasteiger partial charge in [-0.1, -0.05) is 54.4 Å². The fourth-order valence-electron chi connectivity index (χ4n) is 5.70. The van der Waals surface area contributed by atoms with Crippen LogP contribution in [-0.2, 0) is 17.0 Å². The fourth-order valence-corrected chi connectivity index (χ4v) is 7.26. The quantitative estimate of drug-likeness (QED) is 0.292. The number of thioether (sulfide) groups is 1. The summed E-state index contributed by atoms with van der Waals surface area (Å²) in [5, 5.41) is 11.8. The lowest BCUT2D eigenvalue weighted by Gasteiger charge is -2.40. The number of ketones is 1. The number of carbonyl (C=O) groups excluding carboxylic acids is 1. The highest BCUT2D eigenvalue weighted by atomic mass is 35.5. The summed E-state index contributed by atoms with van der Waals surface area (Å²) < 4.78 is 0. The van der Waals surface area contributed by atoms with Crippen molar-refractivity contribution in [2.75, 3.05) is 4.90 Å². The van der Waals surface area contributed by atoms with Crippen LogP contribution in [0.5, 0.6) is 0 Å². The van der Waals surface area contributed by atoms with E-state index >= 15 is 0 Å². The molecule has 3 aromatic carbocycles. The predicted molar refractivity (Wildman–Crippen MR) is 166 cm³/mol. The highest BCUT2D eigenvalue weighted by Gasteiger charge is 2.41. The molecule has 1 aliphatic carbocycles. The Morgan fingerprint density at radius 2 is 1.80 bits per heavy atom. The van der Waals surface area contributed by atoms with Crippen LogP contribution in [0.1, 0.15) is 59.9 Å². The van der Waals surface area contributed by atoms with E-state index in [2.05, 4.69) is 44.2 Å². The van der Waals surface area contributed by atoms with Crippen LogP contribution in [0.2, 0.25) is 10.0 Å². The number of hydrogen-bond donors (Lipinski definition) is 1. The molecule has 0 saturated heterocycles. The first kappa shape index (κ1) is 28.4. The molecular weight excluding hydrogens is 557 g/mol. The van der Waals surface area contributed by atoms with Gasteiger partial charge < -0.3 is 5.73 Å². The van der Waals surface area contributed by atoms with Crippen LogP contribution < -0.4 is 10.6 Å². The number of hydrogen-bond acceptors (Lipinski definition) is 5. The molecular formula is C33H31Cl2N3OS. The van der Waals surface area contributed by atoms with Gasteiger partial charge in [-0.15, -0.1) is 11.8 Å². The first-order valence-electron chi connectivity index (χ1n) is 13.5. The zero-order valence-electron chi connectivity index (χ0n) is 22.9. The SMILES string of the molecule is CCc1ccc(N2C(N)=C(C#N)C(c3cc(CSc4cc(Cl)ccc4Cl)c(C)cc3C)C3=C2CCCC3=O)cc1. The van der Waals surface area contributed by atoms with E-state index < -0.39 is 5.92 Å². The molecule has 0 saturated carbocycles. The maximum Gasteiger partial charge on any atom is 0.161 e. The number of nitrogens with two attached hydrogens (primary N) is 1. The molecule has 0 amide bonds. The second kappa shape index (κ2) is 11.7. The maximum atomic E-state index is 13.6. The normalized spacial score (nSPS) is 17.2. The topological polar surface area (TPSA) is 70.1 Å². The number of allylic oxidation sites excluding steroid dienone is 3. The van der Waals surface area contributed by atoms with Crippen molar-refractivity contribution < 1.29 is 4.79 Å². The molecule has 4 nitrogen and oxygen atoms in total. The molecule has 0 fully saturated rings. The second-order valence-electron chi connectivity index (χ2n) is 10.3. The third-order valence-corrected chi connectivity index (χ3v) is 9.61. The van der Waals surface area contributed by atoms with Crippen molar-refractivity contribution >= 4 is 46.4 Å². The van der Waals surface area contributed by atoms with Crippen LogP contribution in [0.15, 0.2) is 82.2 Å². The van der Waals surface area contributed by atoms with E-state index in [9.17, 15) is 10.1 Å². The molecule has 1 heterocycles. The smallest absolute Gasteiger partial charge is 0.161 e. The molecule has 0 spiro atoms. The van der Waals surface area contributed by atoms with E-state index in [-0.39, 0.29) is 5.78 Å². The highest BCUT2D eigenvalue weighted by molar-refractivity contribution is 7.98. The van der Waals surface area contributed by atoms with Crippen LogP contribution in [0.4, 0.5) is 5.69 Å². The summed E-state index contributed by atoms with van der Waals surface area (Å²) in [5.74, 6) is 0.649. The Morgan fingerprint density at radius 3 is 2.50 bits per heavy atom. The Hall–Kier alpha value is -3.17. The van der Waals surface area contributed by atoms with Gasteiger partial charge in [0.15, 0.2) is 5.78 Å². The number of Topliss-reactive ketones (excluding diaryl/α,β-unsaturated/α-hetero) is 1. The Balaban J connectivity index is 1.61. The molecule has 204 valence electrons. The van der Waals surface area contributed by atoms with Crippen molar-refractivity contribution in [3.05, 3.63) is 115 Å². The number of halogens is 2. The summed E-state index contributed by atoms with van der Waals surface area (Å²) in [6.45, 7) is 6.24. The fraction of sp³-hybridized carbons (Fsp3) is 0.273. The van der Waals surface area contributed by atoms with Gasteiger partial charge in [-0.25, -0.2) is 0 Å². The van der Waals surface area contributed by atoms with Crippen LogP contribution in [0.25, 0.3) is 0 Å². The first-order chi connectivity index (χ1) is 19.2. The Morgan fingerprint density at radius 1 is 1.05 bits per heavy atom. The van der Waals surface area contributed by atoms with Gasteiger partial charge in [0, 0.05) is 39.0 Å². The molecule has 5 rings (SSSR count). The lowest BCUT2D eigenvalue weighted by Crippen LogP contribution is -2.38. The minimum absolute atomic E-state index is 0.0864. The number of nitrogens with zero attached hydrogens (tertiary/aromatic N) is 2. The predicted octanol–water partition coefficient (Wildman–Crippen LogP) is 8.77. The minimum Gasteiger partial charge on any atom is -0.384 e. The summed E-state index contributed by atoms with van der Waals surface area (Å²) in [7, 11) is 0. The zero-order valence-corrected chi connectivity index (χ0v) is 25.2. The number of carbonyl (C=O) groups is 1. The van der Waals surface area contributed by atoms with Gasteiger partial charge in [0.25, 0.3) is 0 Å². The first-order valence-corrected chi connectivity index (χ1v) is 15.2. The van der Waals surface area contributed by atoms with E-state index in [0.29, 0.717) is 39.2 Å². The van der Waals surface area contributed by atoms with Gasteiger partial charge >= 0.3 is 0 Å². The summed E-state index contributed by atoms with van der Waals surface area (Å²) in [6, 6.07) is 20.3. The second-order valence-corrected chi connectivity index (χ2v) is 12.2. The number of nitriles is 1. The standard InChI is InChI=1S/C33H31Cl2N3OS/c1-4-21-8-11-24(12-9-21)38-28-6-5-7-29(39)32(28)31(26(17-36)33(38)37)25-15-22(19(2)14-20(25)3)18-40-30-16-23(34)10-13-27(30)35/h8-16,31H,4-7,18,37H2,1-3H3. The van der Waals surface area contributed by atoms with Crippen molar-refractivity contribution in [1.29, 1.82) is 5.26 Å². The molecule has 2 N–H and O–H groups in total. The molecule has 0 radical (unpaired) electrons. The number of rotatable bonds is 6. The summed E-state index contributed by atoms with van der Waals surface area (Å²) in [5.41, 5.74) is 15.1. The zero-order chi connectivity index (χ0) is 28.6. The van der Waals surface area contributed by atoms with Crippen LogP contribution >= 0.6 is 35.0 Å². The third-order valence-electron chi connectivity index (χ3n) is 7.83. The number of aryl methyl sites for hydroxylation is 3. The molecule has 0 bridgehead atoms. The van der Waals surface area contributed by atoms with Crippen molar-refractivity contribution in [1.82, 2.24) is 0 Å². The average Bonchev–Trinajstić information content (AvgIpc) is 2.94. The van der Waals surface area contributed by atoms with Gasteiger partial charge in [0.05, 0.1) is 22.6 Å². The lowest BCUT2D eigenvalue weighted by atomic mass is 9.74. The van der Waals surface area contributed by atoms with Crippen molar-refractivity contribution in [2.24, 2.45) is 5.73 Å². The molecule has 40 heavy (non-hydrogen) atoms. The van der Waals surface area contributed by atoms with E-state index in [1.165, 1.54) is 5.56 Å². The molecule has 7 heteroatoms. The van der Waals surface area contributed by atoms with Gasteiger partial charge in [-0.3, -0.25) is 9.69 Å². The largest absolute Gasteiger partial charge is 0.384 e. The van der Waals surface area contributed by atoms with E-state index in [1.54, 1.807) is 23.9 Å². The van der Waals surface area contributed by atoms with E-state index in [4.69, 9.17) is 28.9 Å². The number of anilines is 1. The molecule has 1 aliphatic heterocycles. The molecule has 0 aromatic heterocycles. The van der Waals surface area contributed by atoms with Crippen LogP contribution in [0.3, 0.4) is 0 Å². The third kappa shape index (κ3) is 5.29. The Labute approximate surface area is 250 Å². The van der Waals surface area contributed by atoms with E-state index in [1.807, 2.05) is 30.0 Å². The van der Waals surface area contributed by atoms with Gasteiger partial charge in [-0.05, 0) is 91.3 Å². The molecule has 1 atom stereocenters. The van der Waals surface area contributed by atoms with Crippen molar-refractivity contribution in [3.8, 4) is 6.07 Å². The summed E-state index contributed by atoms with van der Waals surface area (Å²) in [4.78, 5) is 16.5. The maximum absolute atomic E-state index is 13.6. The monoisotopic (exact) mass is 587 g/mol.